The number of rotatable bonds is 4. The molecular weight excluding hydrogens is 311 g/mol. The quantitative estimate of drug-likeness (QED) is 0.927. The second-order valence-corrected chi connectivity index (χ2v) is 5.42. The molecule has 5 nitrogen and oxygen atoms in total. The van der Waals surface area contributed by atoms with E-state index in [-0.39, 0.29) is 6.03 Å². The van der Waals surface area contributed by atoms with E-state index in [0.717, 1.165) is 6.54 Å². The summed E-state index contributed by atoms with van der Waals surface area (Å²) in [7, 11) is 1.69. The molecule has 112 valence electrons. The predicted molar refractivity (Wildman–Crippen MR) is 84.8 cm³/mol. The molecule has 7 heteroatoms. The fraction of sp³-hybridized carbons (Fsp3) is 0.286. The van der Waals surface area contributed by atoms with Crippen molar-refractivity contribution in [1.82, 2.24) is 14.7 Å². The van der Waals surface area contributed by atoms with Crippen molar-refractivity contribution in [3.63, 3.8) is 0 Å². The first-order valence-corrected chi connectivity index (χ1v) is 7.24. The summed E-state index contributed by atoms with van der Waals surface area (Å²) in [5, 5.41) is 8.28. The number of urea groups is 1. The molecule has 0 aliphatic heterocycles. The number of halogens is 2. The lowest BCUT2D eigenvalue weighted by Crippen LogP contribution is -2.31. The highest BCUT2D eigenvalue weighted by Crippen LogP contribution is 2.17. The van der Waals surface area contributed by atoms with E-state index in [1.54, 1.807) is 42.2 Å². The Kier molecular flexibility index (Phi) is 5.09. The third-order valence-corrected chi connectivity index (χ3v) is 3.51. The van der Waals surface area contributed by atoms with Gasteiger partial charge in [-0.2, -0.15) is 5.10 Å². The van der Waals surface area contributed by atoms with Crippen LogP contribution in [0.5, 0.6) is 0 Å². The molecule has 2 aromatic rings. The van der Waals surface area contributed by atoms with Gasteiger partial charge in [0.05, 0.1) is 11.6 Å². The molecule has 0 spiro atoms. The van der Waals surface area contributed by atoms with Crippen LogP contribution in [0.4, 0.5) is 10.5 Å². The van der Waals surface area contributed by atoms with E-state index in [1.165, 1.54) is 4.90 Å². The van der Waals surface area contributed by atoms with Crippen LogP contribution in [0.3, 0.4) is 0 Å². The first kappa shape index (κ1) is 15.7. The summed E-state index contributed by atoms with van der Waals surface area (Å²) in [5.74, 6) is 0. The number of hydrogen-bond donors (Lipinski definition) is 1. The standard InChI is InChI=1S/C14H16Cl2N4O/c1-3-20-8-12(16)13(18-20)9-19(2)14(21)17-11-6-4-10(15)5-7-11/h4-8H,3,9H2,1-2H3,(H,17,21). The molecule has 0 unspecified atom stereocenters. The Morgan fingerprint density at radius 1 is 1.33 bits per heavy atom. The summed E-state index contributed by atoms with van der Waals surface area (Å²) in [4.78, 5) is 13.6. The minimum absolute atomic E-state index is 0.237. The van der Waals surface area contributed by atoms with Crippen LogP contribution in [-0.2, 0) is 13.1 Å². The topological polar surface area (TPSA) is 50.2 Å². The van der Waals surface area contributed by atoms with Crippen LogP contribution in [-0.4, -0.2) is 27.8 Å². The van der Waals surface area contributed by atoms with E-state index in [9.17, 15) is 4.79 Å². The monoisotopic (exact) mass is 326 g/mol. The zero-order valence-electron chi connectivity index (χ0n) is 11.8. The van der Waals surface area contributed by atoms with Crippen LogP contribution in [0.15, 0.2) is 30.5 Å². The lowest BCUT2D eigenvalue weighted by Gasteiger charge is -2.17. The first-order chi connectivity index (χ1) is 9.99. The normalized spacial score (nSPS) is 10.5. The average Bonchev–Trinajstić information content (AvgIpc) is 2.82. The molecule has 0 atom stereocenters. The number of benzene rings is 1. The number of anilines is 1. The van der Waals surface area contributed by atoms with Gasteiger partial charge < -0.3 is 10.2 Å². The highest BCUT2D eigenvalue weighted by molar-refractivity contribution is 6.31. The van der Waals surface area contributed by atoms with Crippen molar-refractivity contribution in [1.29, 1.82) is 0 Å². The SMILES string of the molecule is CCn1cc(Cl)c(CN(C)C(=O)Nc2ccc(Cl)cc2)n1. The maximum absolute atomic E-state index is 12.1. The van der Waals surface area contributed by atoms with E-state index in [2.05, 4.69) is 10.4 Å². The Morgan fingerprint density at radius 2 is 2.00 bits per heavy atom. The Morgan fingerprint density at radius 3 is 2.57 bits per heavy atom. The summed E-state index contributed by atoms with van der Waals surface area (Å²) in [5.41, 5.74) is 1.36. The molecule has 0 aliphatic rings. The van der Waals surface area contributed by atoms with Crippen molar-refractivity contribution in [2.75, 3.05) is 12.4 Å². The van der Waals surface area contributed by atoms with Gasteiger partial charge >= 0.3 is 6.03 Å². The van der Waals surface area contributed by atoms with E-state index in [1.807, 2.05) is 6.92 Å². The summed E-state index contributed by atoms with van der Waals surface area (Å²) in [6.07, 6.45) is 1.75. The van der Waals surface area contributed by atoms with Gasteiger partial charge in [-0.15, -0.1) is 0 Å². The summed E-state index contributed by atoms with van der Waals surface area (Å²) >= 11 is 11.9. The van der Waals surface area contributed by atoms with Crippen molar-refractivity contribution in [3.05, 3.63) is 46.2 Å². The summed E-state index contributed by atoms with van der Waals surface area (Å²) in [6, 6.07) is 6.69. The Labute approximate surface area is 133 Å². The number of aromatic nitrogens is 2. The van der Waals surface area contributed by atoms with Crippen molar-refractivity contribution in [3.8, 4) is 0 Å². The van der Waals surface area contributed by atoms with E-state index >= 15 is 0 Å². The van der Waals surface area contributed by atoms with Gasteiger partial charge in [0.15, 0.2) is 0 Å². The molecule has 1 heterocycles. The molecule has 0 bridgehead atoms. The number of nitrogens with zero attached hydrogens (tertiary/aromatic N) is 3. The van der Waals surface area contributed by atoms with Crippen LogP contribution in [0.2, 0.25) is 10.0 Å². The Bertz CT molecular complexity index is 624. The second kappa shape index (κ2) is 6.83. The fourth-order valence-electron chi connectivity index (χ4n) is 1.75. The van der Waals surface area contributed by atoms with Crippen molar-refractivity contribution >= 4 is 34.9 Å². The van der Waals surface area contributed by atoms with Crippen LogP contribution in [0, 0.1) is 0 Å². The van der Waals surface area contributed by atoms with Crippen molar-refractivity contribution in [2.24, 2.45) is 0 Å². The molecule has 0 aliphatic carbocycles. The zero-order valence-corrected chi connectivity index (χ0v) is 13.3. The van der Waals surface area contributed by atoms with Crippen LogP contribution >= 0.6 is 23.2 Å². The highest BCUT2D eigenvalue weighted by Gasteiger charge is 2.14. The molecule has 0 saturated heterocycles. The van der Waals surface area contributed by atoms with Crippen LogP contribution < -0.4 is 5.32 Å². The summed E-state index contributed by atoms with van der Waals surface area (Å²) in [6.45, 7) is 3.05. The van der Waals surface area contributed by atoms with E-state index in [0.29, 0.717) is 28.0 Å². The number of aryl methyl sites for hydroxylation is 1. The zero-order chi connectivity index (χ0) is 15.4. The largest absolute Gasteiger partial charge is 0.322 e. The molecular formula is C14H16Cl2N4O. The van der Waals surface area contributed by atoms with Crippen LogP contribution in [0.1, 0.15) is 12.6 Å². The number of carbonyl (C=O) groups is 1. The van der Waals surface area contributed by atoms with Gasteiger partial charge in [-0.05, 0) is 31.2 Å². The van der Waals surface area contributed by atoms with Crippen molar-refractivity contribution < 1.29 is 4.79 Å². The third-order valence-electron chi connectivity index (χ3n) is 2.94. The molecule has 1 aromatic heterocycles. The number of hydrogen-bond acceptors (Lipinski definition) is 2. The second-order valence-electron chi connectivity index (χ2n) is 4.57. The third kappa shape index (κ3) is 4.12. The van der Waals surface area contributed by atoms with Gasteiger partial charge in [-0.3, -0.25) is 4.68 Å². The van der Waals surface area contributed by atoms with Gasteiger partial charge in [-0.25, -0.2) is 4.79 Å². The minimum Gasteiger partial charge on any atom is -0.322 e. The van der Waals surface area contributed by atoms with E-state index in [4.69, 9.17) is 23.2 Å². The Balaban J connectivity index is 1.98. The first-order valence-electron chi connectivity index (χ1n) is 6.49. The molecule has 0 radical (unpaired) electrons. The Hall–Kier alpha value is -1.72. The maximum Gasteiger partial charge on any atom is 0.321 e. The molecule has 21 heavy (non-hydrogen) atoms. The highest BCUT2D eigenvalue weighted by atomic mass is 35.5. The summed E-state index contributed by atoms with van der Waals surface area (Å²) < 4.78 is 1.74. The molecule has 1 N–H and O–H groups in total. The van der Waals surface area contributed by atoms with Gasteiger partial charge in [0.25, 0.3) is 0 Å². The smallest absolute Gasteiger partial charge is 0.321 e. The lowest BCUT2D eigenvalue weighted by atomic mass is 10.3. The molecule has 0 saturated carbocycles. The van der Waals surface area contributed by atoms with Gasteiger partial charge in [0, 0.05) is 30.5 Å². The fourth-order valence-corrected chi connectivity index (χ4v) is 2.09. The van der Waals surface area contributed by atoms with Gasteiger partial charge in [0.2, 0.25) is 0 Å². The predicted octanol–water partition coefficient (Wildman–Crippen LogP) is 3.87. The van der Waals surface area contributed by atoms with E-state index < -0.39 is 0 Å². The number of nitrogens with one attached hydrogen (secondary N) is 1. The lowest BCUT2D eigenvalue weighted by molar-refractivity contribution is 0.220. The molecule has 2 amide bonds. The van der Waals surface area contributed by atoms with Crippen LogP contribution in [0.25, 0.3) is 0 Å². The van der Waals surface area contributed by atoms with Gasteiger partial charge in [0.1, 0.15) is 5.69 Å². The van der Waals surface area contributed by atoms with Gasteiger partial charge in [-0.1, -0.05) is 23.2 Å². The average molecular weight is 327 g/mol. The number of carbonyl (C=O) groups excluding carboxylic acids is 1. The molecule has 2 rings (SSSR count). The minimum atomic E-state index is -0.237. The molecule has 0 fully saturated rings. The molecule has 1 aromatic carbocycles. The maximum atomic E-state index is 12.1. The van der Waals surface area contributed by atoms with Crippen molar-refractivity contribution in [2.45, 2.75) is 20.0 Å². The number of amides is 2.